The zero-order chi connectivity index (χ0) is 15.3. The summed E-state index contributed by atoms with van der Waals surface area (Å²) in [7, 11) is -2.78. The minimum absolute atomic E-state index is 0.187. The van der Waals surface area contributed by atoms with E-state index in [9.17, 15) is 23.1 Å². The van der Waals surface area contributed by atoms with Gasteiger partial charge in [-0.05, 0) is 18.2 Å². The molecule has 1 aromatic carbocycles. The van der Waals surface area contributed by atoms with Gasteiger partial charge in [-0.25, -0.2) is 13.2 Å². The van der Waals surface area contributed by atoms with Crippen LogP contribution >= 0.6 is 0 Å². The van der Waals surface area contributed by atoms with E-state index in [1.165, 1.54) is 0 Å². The minimum atomic E-state index is -3.91. The summed E-state index contributed by atoms with van der Waals surface area (Å²) in [6.45, 7) is 0. The molecule has 0 amide bonds. The highest BCUT2D eigenvalue weighted by atomic mass is 32.2. The Hall–Kier alpha value is -2.29. The van der Waals surface area contributed by atoms with Gasteiger partial charge in [-0.15, -0.1) is 0 Å². The van der Waals surface area contributed by atoms with Crippen molar-refractivity contribution in [2.75, 3.05) is 17.6 Å². The number of carbonyl (C=O) groups excluding carboxylic acids is 1. The van der Waals surface area contributed by atoms with Crippen LogP contribution in [0.4, 0.5) is 5.69 Å². The third-order valence-corrected chi connectivity index (χ3v) is 3.58. The monoisotopic (exact) mass is 303 g/mol. The fraction of sp³-hybridized carbons (Fsp3) is 0.273. The number of aromatic carboxylic acids is 1. The van der Waals surface area contributed by atoms with E-state index in [4.69, 9.17) is 5.11 Å². The summed E-state index contributed by atoms with van der Waals surface area (Å²) in [6.07, 6.45) is -0.356. The van der Waals surface area contributed by atoms with Crippen molar-refractivity contribution in [1.82, 2.24) is 0 Å². The second-order valence-corrected chi connectivity index (χ2v) is 5.63. The number of ether oxygens (including phenoxy) is 1. The van der Waals surface area contributed by atoms with Crippen molar-refractivity contribution in [1.29, 1.82) is 0 Å². The molecule has 0 saturated carbocycles. The van der Waals surface area contributed by atoms with Gasteiger partial charge in [0, 0.05) is 0 Å². The molecule has 110 valence electrons. The fourth-order valence-electron chi connectivity index (χ4n) is 1.29. The Morgan fingerprint density at radius 2 is 2.00 bits per heavy atom. The van der Waals surface area contributed by atoms with Gasteiger partial charge in [0.15, 0.2) is 0 Å². The summed E-state index contributed by atoms with van der Waals surface area (Å²) in [5.41, 5.74) is -0.455. The topological polar surface area (TPSA) is 130 Å². The highest BCUT2D eigenvalue weighted by Gasteiger charge is 2.17. The van der Waals surface area contributed by atoms with E-state index < -0.39 is 33.5 Å². The highest BCUT2D eigenvalue weighted by Crippen LogP contribution is 2.25. The molecule has 1 rings (SSSR count). The van der Waals surface area contributed by atoms with Gasteiger partial charge in [0.2, 0.25) is 10.0 Å². The largest absolute Gasteiger partial charge is 0.506 e. The standard InChI is InChI=1S/C11H13NO7S/c1-19-10(14)4-5-20(17,18)12-8-6-7(11(15)16)2-3-9(8)13/h2-3,6,12-13H,4-5H2,1H3,(H,15,16). The van der Waals surface area contributed by atoms with Gasteiger partial charge in [-0.1, -0.05) is 0 Å². The van der Waals surface area contributed by atoms with Crippen LogP contribution in [0.1, 0.15) is 16.8 Å². The van der Waals surface area contributed by atoms with Crippen LogP contribution < -0.4 is 4.72 Å². The van der Waals surface area contributed by atoms with Gasteiger partial charge in [0.25, 0.3) is 0 Å². The van der Waals surface area contributed by atoms with Crippen molar-refractivity contribution in [2.24, 2.45) is 0 Å². The highest BCUT2D eigenvalue weighted by molar-refractivity contribution is 7.92. The van der Waals surface area contributed by atoms with Crippen LogP contribution in [0.2, 0.25) is 0 Å². The zero-order valence-corrected chi connectivity index (χ0v) is 11.3. The molecule has 20 heavy (non-hydrogen) atoms. The van der Waals surface area contributed by atoms with Gasteiger partial charge in [0.1, 0.15) is 5.75 Å². The molecule has 0 aromatic heterocycles. The molecule has 1 aromatic rings. The van der Waals surface area contributed by atoms with Gasteiger partial charge in [-0.3, -0.25) is 9.52 Å². The molecule has 0 atom stereocenters. The number of nitrogens with one attached hydrogen (secondary N) is 1. The maximum Gasteiger partial charge on any atom is 0.335 e. The number of sulfonamides is 1. The molecule has 0 aliphatic rings. The van der Waals surface area contributed by atoms with E-state index in [0.29, 0.717) is 0 Å². The lowest BCUT2D eigenvalue weighted by Crippen LogP contribution is -2.19. The Kier molecular flexibility index (Phi) is 4.92. The molecule has 0 radical (unpaired) electrons. The number of phenolic OH excluding ortho intramolecular Hbond substituents is 1. The SMILES string of the molecule is COC(=O)CCS(=O)(=O)Nc1cc(C(=O)O)ccc1O. The molecule has 0 saturated heterocycles. The molecule has 0 unspecified atom stereocenters. The summed E-state index contributed by atoms with van der Waals surface area (Å²) in [5.74, 6) is -2.92. The average Bonchev–Trinajstić information content (AvgIpc) is 2.38. The van der Waals surface area contributed by atoms with E-state index in [2.05, 4.69) is 4.74 Å². The molecule has 8 nitrogen and oxygen atoms in total. The zero-order valence-electron chi connectivity index (χ0n) is 10.5. The molecule has 0 heterocycles. The number of anilines is 1. The van der Waals surface area contributed by atoms with Crippen molar-refractivity contribution in [2.45, 2.75) is 6.42 Å². The second kappa shape index (κ2) is 6.24. The molecule has 0 aliphatic heterocycles. The van der Waals surface area contributed by atoms with Crippen molar-refractivity contribution in [3.8, 4) is 5.75 Å². The summed E-state index contributed by atoms with van der Waals surface area (Å²) in [6, 6.07) is 3.17. The van der Waals surface area contributed by atoms with Crippen LogP contribution in [0.15, 0.2) is 18.2 Å². The van der Waals surface area contributed by atoms with E-state index in [1.54, 1.807) is 0 Å². The number of methoxy groups -OCH3 is 1. The van der Waals surface area contributed by atoms with E-state index in [1.807, 2.05) is 4.72 Å². The molecular formula is C11H13NO7S. The summed E-state index contributed by atoms with van der Waals surface area (Å²) in [5, 5.41) is 18.3. The lowest BCUT2D eigenvalue weighted by atomic mass is 10.2. The molecule has 0 spiro atoms. The first-order valence-electron chi connectivity index (χ1n) is 5.39. The number of hydrogen-bond donors (Lipinski definition) is 3. The number of benzene rings is 1. The summed E-state index contributed by atoms with van der Waals surface area (Å²) >= 11 is 0. The van der Waals surface area contributed by atoms with Crippen LogP contribution in [-0.2, 0) is 19.6 Å². The Bertz CT molecular complexity index is 624. The van der Waals surface area contributed by atoms with Crippen LogP contribution in [0.5, 0.6) is 5.75 Å². The lowest BCUT2D eigenvalue weighted by molar-refractivity contribution is -0.140. The molecular weight excluding hydrogens is 290 g/mol. The van der Waals surface area contributed by atoms with Gasteiger partial charge in [0.05, 0.1) is 30.5 Å². The van der Waals surface area contributed by atoms with Gasteiger partial charge in [-0.2, -0.15) is 0 Å². The molecule has 0 bridgehead atoms. The van der Waals surface area contributed by atoms with Crippen molar-refractivity contribution in [3.05, 3.63) is 23.8 Å². The Morgan fingerprint density at radius 1 is 1.35 bits per heavy atom. The first kappa shape index (κ1) is 15.8. The average molecular weight is 303 g/mol. The molecule has 0 fully saturated rings. The quantitative estimate of drug-likeness (QED) is 0.512. The van der Waals surface area contributed by atoms with Gasteiger partial charge < -0.3 is 14.9 Å². The van der Waals surface area contributed by atoms with Crippen LogP contribution in [0.3, 0.4) is 0 Å². The van der Waals surface area contributed by atoms with Crippen LogP contribution in [0, 0.1) is 0 Å². The number of hydrogen-bond acceptors (Lipinski definition) is 6. The number of esters is 1. The number of carboxylic acids is 1. The first-order chi connectivity index (χ1) is 9.25. The van der Waals surface area contributed by atoms with E-state index >= 15 is 0 Å². The lowest BCUT2D eigenvalue weighted by Gasteiger charge is -2.09. The van der Waals surface area contributed by atoms with E-state index in [-0.39, 0.29) is 17.7 Å². The van der Waals surface area contributed by atoms with Crippen molar-refractivity contribution in [3.63, 3.8) is 0 Å². The Labute approximate surface area is 115 Å². The number of carboxylic acid groups (broad SMARTS) is 1. The van der Waals surface area contributed by atoms with Crippen LogP contribution in [0.25, 0.3) is 0 Å². The number of aromatic hydroxyl groups is 1. The normalized spacial score (nSPS) is 10.8. The number of carbonyl (C=O) groups is 2. The maximum absolute atomic E-state index is 11.7. The fourth-order valence-corrected chi connectivity index (χ4v) is 2.33. The number of phenols is 1. The first-order valence-corrected chi connectivity index (χ1v) is 7.04. The van der Waals surface area contributed by atoms with E-state index in [0.717, 1.165) is 25.3 Å². The van der Waals surface area contributed by atoms with Crippen molar-refractivity contribution >= 4 is 27.6 Å². The predicted molar refractivity (Wildman–Crippen MR) is 69.1 cm³/mol. The van der Waals surface area contributed by atoms with Gasteiger partial charge >= 0.3 is 11.9 Å². The minimum Gasteiger partial charge on any atom is -0.506 e. The van der Waals surface area contributed by atoms with Crippen molar-refractivity contribution < 1.29 is 33.0 Å². The molecule has 0 aliphatic carbocycles. The third-order valence-electron chi connectivity index (χ3n) is 2.31. The second-order valence-electron chi connectivity index (χ2n) is 3.78. The number of rotatable bonds is 6. The summed E-state index contributed by atoms with van der Waals surface area (Å²) in [4.78, 5) is 21.6. The van der Waals surface area contributed by atoms with Crippen LogP contribution in [-0.4, -0.2) is 43.4 Å². The Morgan fingerprint density at radius 3 is 2.55 bits per heavy atom. The maximum atomic E-state index is 11.7. The third kappa shape index (κ3) is 4.43. The smallest absolute Gasteiger partial charge is 0.335 e. The Balaban J connectivity index is 2.89. The molecule has 3 N–H and O–H groups in total. The predicted octanol–water partition coefficient (Wildman–Crippen LogP) is 0.395. The summed E-state index contributed by atoms with van der Waals surface area (Å²) < 4.78 is 29.7. The molecule has 9 heteroatoms.